The second-order valence-corrected chi connectivity index (χ2v) is 10.2. The Balaban J connectivity index is 1.34. The number of piperidine rings is 2. The van der Waals surface area contributed by atoms with Gasteiger partial charge in [-0.3, -0.25) is 14.4 Å². The van der Waals surface area contributed by atoms with Crippen LogP contribution in [0.2, 0.25) is 0 Å². The lowest BCUT2D eigenvalue weighted by molar-refractivity contribution is -0.143. The van der Waals surface area contributed by atoms with E-state index < -0.39 is 0 Å². The van der Waals surface area contributed by atoms with Crippen LogP contribution in [0.3, 0.4) is 0 Å². The van der Waals surface area contributed by atoms with Crippen LogP contribution in [-0.4, -0.2) is 71.2 Å². The van der Waals surface area contributed by atoms with E-state index in [1.807, 2.05) is 21.9 Å². The number of carbonyl (C=O) groups is 3. The van der Waals surface area contributed by atoms with E-state index in [1.54, 1.807) is 17.0 Å². The van der Waals surface area contributed by atoms with Crippen LogP contribution in [-0.2, 0) is 9.59 Å². The Labute approximate surface area is 193 Å². The number of hydrogen-bond acceptors (Lipinski definition) is 3. The molecule has 168 valence electrons. The normalized spacial score (nSPS) is 25.0. The monoisotopic (exact) mass is 489 g/mol. The van der Waals surface area contributed by atoms with E-state index in [4.69, 9.17) is 0 Å². The minimum atomic E-state index is -0.383. The zero-order valence-electron chi connectivity index (χ0n) is 18.3. The first-order valence-electron chi connectivity index (χ1n) is 11.6. The minimum absolute atomic E-state index is 0.0263. The molecule has 3 amide bonds. The van der Waals surface area contributed by atoms with Crippen molar-refractivity contribution in [3.05, 3.63) is 34.3 Å². The van der Waals surface area contributed by atoms with Crippen molar-refractivity contribution in [3.63, 3.8) is 0 Å². The van der Waals surface area contributed by atoms with Crippen molar-refractivity contribution < 1.29 is 14.4 Å². The third-order valence-corrected chi connectivity index (χ3v) is 7.54. The molecule has 2 unspecified atom stereocenters. The summed E-state index contributed by atoms with van der Waals surface area (Å²) in [5.74, 6) is 0.842. The lowest BCUT2D eigenvalue weighted by Crippen LogP contribution is -2.51. The highest BCUT2D eigenvalue weighted by atomic mass is 79.9. The van der Waals surface area contributed by atoms with E-state index >= 15 is 0 Å². The predicted molar refractivity (Wildman–Crippen MR) is 122 cm³/mol. The molecule has 1 aromatic carbocycles. The van der Waals surface area contributed by atoms with E-state index in [0.717, 1.165) is 43.2 Å². The average molecular weight is 490 g/mol. The van der Waals surface area contributed by atoms with E-state index in [2.05, 4.69) is 22.9 Å². The van der Waals surface area contributed by atoms with Gasteiger partial charge in [-0.1, -0.05) is 22.9 Å². The maximum atomic E-state index is 13.3. The Morgan fingerprint density at radius 1 is 0.839 bits per heavy atom. The fourth-order valence-corrected chi connectivity index (χ4v) is 5.49. The zero-order valence-corrected chi connectivity index (χ0v) is 19.8. The Morgan fingerprint density at radius 2 is 1.52 bits per heavy atom. The van der Waals surface area contributed by atoms with Gasteiger partial charge in [-0.2, -0.15) is 0 Å². The smallest absolute Gasteiger partial charge is 0.254 e. The van der Waals surface area contributed by atoms with Crippen molar-refractivity contribution in [2.24, 2.45) is 11.8 Å². The molecule has 3 aliphatic rings. The molecule has 0 radical (unpaired) electrons. The van der Waals surface area contributed by atoms with Crippen molar-refractivity contribution in [2.45, 2.75) is 51.5 Å². The topological polar surface area (TPSA) is 60.9 Å². The maximum Gasteiger partial charge on any atom is 0.254 e. The Hall–Kier alpha value is -1.89. The number of carbonyl (C=O) groups excluding carboxylic acids is 3. The molecule has 0 aromatic heterocycles. The van der Waals surface area contributed by atoms with Gasteiger partial charge < -0.3 is 14.7 Å². The average Bonchev–Trinajstić information content (AvgIpc) is 3.28. The van der Waals surface area contributed by atoms with Crippen molar-refractivity contribution in [2.75, 3.05) is 32.7 Å². The summed E-state index contributed by atoms with van der Waals surface area (Å²) in [4.78, 5) is 44.8. The van der Waals surface area contributed by atoms with E-state index in [0.29, 0.717) is 37.5 Å². The van der Waals surface area contributed by atoms with Gasteiger partial charge in [0.05, 0.1) is 0 Å². The molecule has 3 heterocycles. The van der Waals surface area contributed by atoms with Crippen molar-refractivity contribution >= 4 is 33.7 Å². The summed E-state index contributed by atoms with van der Waals surface area (Å²) in [6.07, 6.45) is 5.31. The lowest BCUT2D eigenvalue weighted by atomic mass is 9.92. The summed E-state index contributed by atoms with van der Waals surface area (Å²) in [5, 5.41) is 0. The molecule has 3 fully saturated rings. The molecule has 0 N–H and O–H groups in total. The number of likely N-dealkylation sites (tertiary alicyclic amines) is 3. The van der Waals surface area contributed by atoms with Gasteiger partial charge in [-0.15, -0.1) is 0 Å². The number of halogens is 1. The van der Waals surface area contributed by atoms with Crippen LogP contribution in [0.4, 0.5) is 0 Å². The Bertz CT molecular complexity index is 820. The summed E-state index contributed by atoms with van der Waals surface area (Å²) in [5.41, 5.74) is 0.614. The van der Waals surface area contributed by atoms with Gasteiger partial charge in [-0.05, 0) is 68.7 Å². The first-order chi connectivity index (χ1) is 14.9. The van der Waals surface area contributed by atoms with Crippen LogP contribution in [0.15, 0.2) is 28.7 Å². The Kier molecular flexibility index (Phi) is 6.99. The standard InChI is InChI=1S/C24H32BrN3O3/c1-17-4-2-12-27(16-17)22(29)19-10-14-26(15-11-19)24(31)21-5-3-13-28(21)23(30)18-6-8-20(25)9-7-18/h6-9,17,19,21H,2-5,10-16H2,1H3. The molecule has 0 spiro atoms. The molecular formula is C24H32BrN3O3. The van der Waals surface area contributed by atoms with Gasteiger partial charge >= 0.3 is 0 Å². The highest BCUT2D eigenvalue weighted by Gasteiger charge is 2.39. The number of benzene rings is 1. The Morgan fingerprint density at radius 3 is 2.19 bits per heavy atom. The van der Waals surface area contributed by atoms with Gasteiger partial charge in [0, 0.05) is 48.7 Å². The van der Waals surface area contributed by atoms with Crippen LogP contribution >= 0.6 is 15.9 Å². The summed E-state index contributed by atoms with van der Waals surface area (Å²) in [6, 6.07) is 6.91. The van der Waals surface area contributed by atoms with E-state index in [-0.39, 0.29) is 29.7 Å². The SMILES string of the molecule is CC1CCCN(C(=O)C2CCN(C(=O)C3CCCN3C(=O)c3ccc(Br)cc3)CC2)C1. The van der Waals surface area contributed by atoms with Gasteiger partial charge in [-0.25, -0.2) is 0 Å². The molecule has 0 bridgehead atoms. The first-order valence-corrected chi connectivity index (χ1v) is 12.4. The van der Waals surface area contributed by atoms with E-state index in [9.17, 15) is 14.4 Å². The summed E-state index contributed by atoms with van der Waals surface area (Å²) in [7, 11) is 0. The number of amides is 3. The molecule has 4 rings (SSSR count). The zero-order chi connectivity index (χ0) is 22.0. The molecule has 0 aliphatic carbocycles. The number of rotatable bonds is 3. The highest BCUT2D eigenvalue weighted by molar-refractivity contribution is 9.10. The largest absolute Gasteiger partial charge is 0.342 e. The number of hydrogen-bond donors (Lipinski definition) is 0. The summed E-state index contributed by atoms with van der Waals surface area (Å²) in [6.45, 7) is 5.78. The third-order valence-electron chi connectivity index (χ3n) is 7.01. The minimum Gasteiger partial charge on any atom is -0.342 e. The molecule has 31 heavy (non-hydrogen) atoms. The van der Waals surface area contributed by atoms with Crippen LogP contribution in [0.5, 0.6) is 0 Å². The van der Waals surface area contributed by atoms with Gasteiger partial charge in [0.1, 0.15) is 6.04 Å². The molecular weight excluding hydrogens is 458 g/mol. The van der Waals surface area contributed by atoms with Crippen molar-refractivity contribution in [1.82, 2.24) is 14.7 Å². The van der Waals surface area contributed by atoms with Crippen LogP contribution in [0, 0.1) is 11.8 Å². The first kappa shape index (κ1) is 22.3. The second-order valence-electron chi connectivity index (χ2n) is 9.29. The summed E-state index contributed by atoms with van der Waals surface area (Å²) >= 11 is 3.40. The molecule has 1 aromatic rings. The molecule has 6 nitrogen and oxygen atoms in total. The van der Waals surface area contributed by atoms with Crippen LogP contribution in [0.25, 0.3) is 0 Å². The van der Waals surface area contributed by atoms with Crippen molar-refractivity contribution in [1.29, 1.82) is 0 Å². The number of nitrogens with zero attached hydrogens (tertiary/aromatic N) is 3. The van der Waals surface area contributed by atoms with Gasteiger partial charge in [0.15, 0.2) is 0 Å². The quantitative estimate of drug-likeness (QED) is 0.651. The molecule has 3 saturated heterocycles. The van der Waals surface area contributed by atoms with Crippen molar-refractivity contribution in [3.8, 4) is 0 Å². The second kappa shape index (κ2) is 9.72. The fraction of sp³-hybridized carbons (Fsp3) is 0.625. The highest BCUT2D eigenvalue weighted by Crippen LogP contribution is 2.27. The van der Waals surface area contributed by atoms with Crippen LogP contribution < -0.4 is 0 Å². The predicted octanol–water partition coefficient (Wildman–Crippen LogP) is 3.55. The van der Waals surface area contributed by atoms with E-state index in [1.165, 1.54) is 6.42 Å². The maximum absolute atomic E-state index is 13.3. The lowest BCUT2D eigenvalue weighted by Gasteiger charge is -2.38. The van der Waals surface area contributed by atoms with Crippen LogP contribution in [0.1, 0.15) is 55.8 Å². The third kappa shape index (κ3) is 4.97. The molecule has 0 saturated carbocycles. The summed E-state index contributed by atoms with van der Waals surface area (Å²) < 4.78 is 0.925. The fourth-order valence-electron chi connectivity index (χ4n) is 5.23. The molecule has 7 heteroatoms. The van der Waals surface area contributed by atoms with Gasteiger partial charge in [0.25, 0.3) is 5.91 Å². The molecule has 3 aliphatic heterocycles. The molecule has 2 atom stereocenters. The van der Waals surface area contributed by atoms with Gasteiger partial charge in [0.2, 0.25) is 11.8 Å².